The number of sulfonamides is 1. The second kappa shape index (κ2) is 6.12. The van der Waals surface area contributed by atoms with Crippen molar-refractivity contribution in [1.82, 2.24) is 10.0 Å². The summed E-state index contributed by atoms with van der Waals surface area (Å²) >= 11 is 0. The maximum absolute atomic E-state index is 11.3. The molecule has 0 aromatic rings. The van der Waals surface area contributed by atoms with Gasteiger partial charge in [0.15, 0.2) is 0 Å². The summed E-state index contributed by atoms with van der Waals surface area (Å²) < 4.78 is 25.1. The lowest BCUT2D eigenvalue weighted by atomic mass is 10.3. The first-order chi connectivity index (χ1) is 6.02. The fourth-order valence-corrected chi connectivity index (χ4v) is 2.20. The van der Waals surface area contributed by atoms with E-state index in [0.717, 1.165) is 0 Å². The average molecular weight is 206 g/mol. The molecule has 0 saturated carbocycles. The highest BCUT2D eigenvalue weighted by atomic mass is 32.2. The molecule has 0 aliphatic rings. The Kier molecular flexibility index (Phi) is 5.94. The van der Waals surface area contributed by atoms with Crippen LogP contribution in [0.15, 0.2) is 12.7 Å². The summed E-state index contributed by atoms with van der Waals surface area (Å²) in [6.45, 7) is 5.83. The first kappa shape index (κ1) is 12.6. The number of hydrogen-bond donors (Lipinski definition) is 2. The van der Waals surface area contributed by atoms with Crippen LogP contribution in [0, 0.1) is 0 Å². The van der Waals surface area contributed by atoms with Gasteiger partial charge in [0.25, 0.3) is 0 Å². The molecule has 5 heteroatoms. The smallest absolute Gasteiger partial charge is 0.213 e. The molecule has 0 amide bonds. The molecule has 0 saturated heterocycles. The summed E-state index contributed by atoms with van der Waals surface area (Å²) in [5.74, 6) is 0.116. The summed E-state index contributed by atoms with van der Waals surface area (Å²) in [6.07, 6.45) is 2.35. The summed E-state index contributed by atoms with van der Waals surface area (Å²) in [5.41, 5.74) is 0. The Morgan fingerprint density at radius 3 is 2.62 bits per heavy atom. The van der Waals surface area contributed by atoms with Gasteiger partial charge >= 0.3 is 0 Å². The second-order valence-corrected chi connectivity index (χ2v) is 4.84. The van der Waals surface area contributed by atoms with Gasteiger partial charge in [-0.15, -0.1) is 6.58 Å². The lowest BCUT2D eigenvalue weighted by Gasteiger charge is -2.11. The Hall–Kier alpha value is -0.390. The number of nitrogens with one attached hydrogen (secondary N) is 2. The topological polar surface area (TPSA) is 58.2 Å². The van der Waals surface area contributed by atoms with E-state index in [1.54, 1.807) is 13.1 Å². The molecule has 0 heterocycles. The quantitative estimate of drug-likeness (QED) is 0.580. The minimum atomic E-state index is -3.13. The maximum Gasteiger partial charge on any atom is 0.213 e. The van der Waals surface area contributed by atoms with Crippen molar-refractivity contribution in [1.29, 1.82) is 0 Å². The van der Waals surface area contributed by atoms with Gasteiger partial charge in [0.1, 0.15) is 0 Å². The predicted octanol–water partition coefficient (Wildman–Crippen LogP) is 0.0898. The Morgan fingerprint density at radius 1 is 1.54 bits per heavy atom. The van der Waals surface area contributed by atoms with E-state index >= 15 is 0 Å². The molecule has 0 rings (SSSR count). The summed E-state index contributed by atoms with van der Waals surface area (Å²) in [4.78, 5) is 0. The van der Waals surface area contributed by atoms with E-state index in [1.165, 1.54) is 0 Å². The zero-order chi connectivity index (χ0) is 10.3. The molecule has 0 fully saturated rings. The van der Waals surface area contributed by atoms with Gasteiger partial charge in [0.2, 0.25) is 10.0 Å². The van der Waals surface area contributed by atoms with Crippen LogP contribution < -0.4 is 10.0 Å². The summed E-state index contributed by atoms with van der Waals surface area (Å²) in [7, 11) is -1.40. The maximum atomic E-state index is 11.3. The zero-order valence-corrected chi connectivity index (χ0v) is 9.02. The second-order valence-electron chi connectivity index (χ2n) is 2.97. The molecule has 0 radical (unpaired) electrons. The van der Waals surface area contributed by atoms with Gasteiger partial charge in [-0.05, 0) is 20.4 Å². The highest BCUT2D eigenvalue weighted by Crippen LogP contribution is 1.94. The molecule has 78 valence electrons. The molecule has 1 unspecified atom stereocenters. The van der Waals surface area contributed by atoms with Crippen LogP contribution >= 0.6 is 0 Å². The highest BCUT2D eigenvalue weighted by molar-refractivity contribution is 7.89. The third kappa shape index (κ3) is 6.74. The Bertz CT molecular complexity index is 237. The molecule has 0 aliphatic heterocycles. The monoisotopic (exact) mass is 206 g/mol. The standard InChI is InChI=1S/C8H18N2O2S/c1-4-5-8(2)10-13(11,12)7-6-9-3/h4,8-10H,1,5-7H2,2-3H3. The van der Waals surface area contributed by atoms with Crippen LogP contribution in [0.4, 0.5) is 0 Å². The van der Waals surface area contributed by atoms with Gasteiger partial charge in [-0.3, -0.25) is 0 Å². The van der Waals surface area contributed by atoms with Crippen LogP contribution in [0.1, 0.15) is 13.3 Å². The molecule has 0 aromatic heterocycles. The third-order valence-electron chi connectivity index (χ3n) is 1.52. The fourth-order valence-electron chi connectivity index (χ4n) is 0.900. The first-order valence-electron chi connectivity index (χ1n) is 4.27. The van der Waals surface area contributed by atoms with E-state index in [1.807, 2.05) is 6.92 Å². The van der Waals surface area contributed by atoms with Gasteiger partial charge in [-0.2, -0.15) is 0 Å². The molecule has 13 heavy (non-hydrogen) atoms. The van der Waals surface area contributed by atoms with E-state index in [9.17, 15) is 8.42 Å². The van der Waals surface area contributed by atoms with Crippen LogP contribution in [0.25, 0.3) is 0 Å². The van der Waals surface area contributed by atoms with Gasteiger partial charge in [-0.1, -0.05) is 6.08 Å². The van der Waals surface area contributed by atoms with E-state index in [0.29, 0.717) is 13.0 Å². The molecule has 2 N–H and O–H groups in total. The van der Waals surface area contributed by atoms with Gasteiger partial charge in [0.05, 0.1) is 5.75 Å². The number of rotatable bonds is 7. The fraction of sp³-hybridized carbons (Fsp3) is 0.750. The van der Waals surface area contributed by atoms with Crippen molar-refractivity contribution >= 4 is 10.0 Å². The van der Waals surface area contributed by atoms with E-state index < -0.39 is 10.0 Å². The summed E-state index contributed by atoms with van der Waals surface area (Å²) in [5, 5.41) is 2.79. The van der Waals surface area contributed by atoms with Crippen LogP contribution in [-0.4, -0.2) is 33.8 Å². The van der Waals surface area contributed by atoms with Gasteiger partial charge < -0.3 is 5.32 Å². The minimum Gasteiger partial charge on any atom is -0.319 e. The molecule has 1 atom stereocenters. The van der Waals surface area contributed by atoms with Gasteiger partial charge in [0, 0.05) is 12.6 Å². The van der Waals surface area contributed by atoms with Crippen molar-refractivity contribution in [2.24, 2.45) is 0 Å². The zero-order valence-electron chi connectivity index (χ0n) is 8.21. The highest BCUT2D eigenvalue weighted by Gasteiger charge is 2.12. The van der Waals surface area contributed by atoms with Crippen LogP contribution in [0.3, 0.4) is 0 Å². The van der Waals surface area contributed by atoms with Crippen LogP contribution in [-0.2, 0) is 10.0 Å². The first-order valence-corrected chi connectivity index (χ1v) is 5.92. The van der Waals surface area contributed by atoms with Crippen molar-refractivity contribution in [2.75, 3.05) is 19.3 Å². The molecule has 0 aromatic carbocycles. The predicted molar refractivity (Wildman–Crippen MR) is 55.1 cm³/mol. The van der Waals surface area contributed by atoms with Crippen molar-refractivity contribution in [3.05, 3.63) is 12.7 Å². The van der Waals surface area contributed by atoms with E-state index in [2.05, 4.69) is 16.6 Å². The lowest BCUT2D eigenvalue weighted by Crippen LogP contribution is -2.36. The van der Waals surface area contributed by atoms with Crippen LogP contribution in [0.2, 0.25) is 0 Å². The molecule has 0 aliphatic carbocycles. The van der Waals surface area contributed by atoms with Crippen molar-refractivity contribution in [3.8, 4) is 0 Å². The lowest BCUT2D eigenvalue weighted by molar-refractivity contribution is 0.560. The Morgan fingerprint density at radius 2 is 2.15 bits per heavy atom. The van der Waals surface area contributed by atoms with Crippen molar-refractivity contribution in [2.45, 2.75) is 19.4 Å². The molecular weight excluding hydrogens is 188 g/mol. The van der Waals surface area contributed by atoms with Crippen LogP contribution in [0.5, 0.6) is 0 Å². The normalized spacial score (nSPS) is 14.0. The molecule has 0 spiro atoms. The van der Waals surface area contributed by atoms with E-state index in [4.69, 9.17) is 0 Å². The summed E-state index contributed by atoms with van der Waals surface area (Å²) in [6, 6.07) is -0.0700. The molecule has 4 nitrogen and oxygen atoms in total. The largest absolute Gasteiger partial charge is 0.319 e. The molecular formula is C8H18N2O2S. The van der Waals surface area contributed by atoms with E-state index in [-0.39, 0.29) is 11.8 Å². The third-order valence-corrected chi connectivity index (χ3v) is 3.02. The minimum absolute atomic E-state index is 0.0700. The van der Waals surface area contributed by atoms with Gasteiger partial charge in [-0.25, -0.2) is 13.1 Å². The Labute approximate surface area is 80.5 Å². The molecule has 0 bridgehead atoms. The average Bonchev–Trinajstić information content (AvgIpc) is 2.00. The SMILES string of the molecule is C=CCC(C)NS(=O)(=O)CCNC. The van der Waals surface area contributed by atoms with Crippen molar-refractivity contribution in [3.63, 3.8) is 0 Å². The number of hydrogen-bond acceptors (Lipinski definition) is 3. The van der Waals surface area contributed by atoms with Crippen molar-refractivity contribution < 1.29 is 8.42 Å². The Balaban J connectivity index is 3.94.